The van der Waals surface area contributed by atoms with Gasteiger partial charge in [-0.25, -0.2) is 0 Å². The number of Topliss-reactive ketones (excluding diaryl/α,β-unsaturated/α-hetero) is 1. The van der Waals surface area contributed by atoms with Crippen LogP contribution in [0, 0.1) is 0 Å². The van der Waals surface area contributed by atoms with Gasteiger partial charge in [0, 0.05) is 25.0 Å². The van der Waals surface area contributed by atoms with Crippen molar-refractivity contribution in [2.75, 3.05) is 35.8 Å². The van der Waals surface area contributed by atoms with Gasteiger partial charge in [0.25, 0.3) is 11.7 Å². The lowest BCUT2D eigenvalue weighted by Gasteiger charge is -2.19. The van der Waals surface area contributed by atoms with Crippen LogP contribution in [0.3, 0.4) is 0 Å². The van der Waals surface area contributed by atoms with E-state index < -0.39 is 11.7 Å². The van der Waals surface area contributed by atoms with Crippen molar-refractivity contribution in [2.24, 2.45) is 0 Å². The van der Waals surface area contributed by atoms with E-state index >= 15 is 0 Å². The topological polar surface area (TPSA) is 49.4 Å². The Balaban J connectivity index is 2.21. The van der Waals surface area contributed by atoms with Gasteiger partial charge >= 0.3 is 0 Å². The number of amides is 1. The minimum atomic E-state index is -0.538. The molecule has 1 heterocycles. The summed E-state index contributed by atoms with van der Waals surface area (Å²) in [6.45, 7) is 0.932. The monoisotopic (exact) mass is 250 g/mol. The summed E-state index contributed by atoms with van der Waals surface area (Å²) in [5.74, 6) is 0.0565. The van der Waals surface area contributed by atoms with Gasteiger partial charge in [0.05, 0.1) is 11.3 Å². The summed E-state index contributed by atoms with van der Waals surface area (Å²) in [6, 6.07) is 5.43. The van der Waals surface area contributed by atoms with Crippen molar-refractivity contribution in [1.82, 2.24) is 0 Å². The molecule has 1 amide bonds. The van der Waals surface area contributed by atoms with Crippen molar-refractivity contribution in [3.05, 3.63) is 23.8 Å². The van der Waals surface area contributed by atoms with Crippen LogP contribution in [0.15, 0.2) is 18.2 Å². The van der Waals surface area contributed by atoms with E-state index in [9.17, 15) is 9.59 Å². The van der Waals surface area contributed by atoms with Crippen molar-refractivity contribution in [3.63, 3.8) is 0 Å². The third-order valence-electron chi connectivity index (χ3n) is 2.77. The maximum atomic E-state index is 11.4. The molecule has 0 spiro atoms. The molecule has 0 saturated heterocycles. The van der Waals surface area contributed by atoms with Gasteiger partial charge in [-0.1, -0.05) is 0 Å². The SMILES string of the molecule is CSCCN(C)c1ccc2c(c1)NC(=O)C2=O. The number of nitrogens with zero attached hydrogens (tertiary/aromatic N) is 1. The van der Waals surface area contributed by atoms with E-state index in [1.165, 1.54) is 0 Å². The molecule has 1 aliphatic rings. The van der Waals surface area contributed by atoms with Crippen LogP contribution in [-0.2, 0) is 4.79 Å². The zero-order valence-electron chi connectivity index (χ0n) is 9.82. The fourth-order valence-corrected chi connectivity index (χ4v) is 2.19. The van der Waals surface area contributed by atoms with E-state index in [1.807, 2.05) is 19.2 Å². The number of carbonyl (C=O) groups is 2. The van der Waals surface area contributed by atoms with Crippen molar-refractivity contribution in [2.45, 2.75) is 0 Å². The van der Waals surface area contributed by atoms with Gasteiger partial charge in [-0.05, 0) is 24.5 Å². The Hall–Kier alpha value is -1.49. The fourth-order valence-electron chi connectivity index (χ4n) is 1.73. The number of thioether (sulfide) groups is 1. The summed E-state index contributed by atoms with van der Waals surface area (Å²) in [5.41, 5.74) is 2.10. The lowest BCUT2D eigenvalue weighted by Crippen LogP contribution is -2.20. The zero-order valence-corrected chi connectivity index (χ0v) is 10.6. The van der Waals surface area contributed by atoms with Gasteiger partial charge in [0.1, 0.15) is 0 Å². The van der Waals surface area contributed by atoms with Crippen LogP contribution >= 0.6 is 11.8 Å². The third kappa shape index (κ3) is 2.29. The number of anilines is 2. The maximum absolute atomic E-state index is 11.4. The van der Waals surface area contributed by atoms with Gasteiger partial charge < -0.3 is 10.2 Å². The second-order valence-electron chi connectivity index (χ2n) is 3.93. The largest absolute Gasteiger partial charge is 0.374 e. The van der Waals surface area contributed by atoms with Crippen LogP contribution in [0.25, 0.3) is 0 Å². The molecular formula is C12H14N2O2S. The minimum absolute atomic E-state index is 0.446. The smallest absolute Gasteiger partial charge is 0.296 e. The Bertz CT molecular complexity index is 474. The van der Waals surface area contributed by atoms with E-state index in [1.54, 1.807) is 17.8 Å². The van der Waals surface area contributed by atoms with Gasteiger partial charge in [0.2, 0.25) is 0 Å². The molecule has 0 atom stereocenters. The van der Waals surface area contributed by atoms with Gasteiger partial charge in [-0.15, -0.1) is 0 Å². The Morgan fingerprint density at radius 2 is 2.12 bits per heavy atom. The molecule has 2 rings (SSSR count). The number of carbonyl (C=O) groups excluding carboxylic acids is 2. The molecule has 0 unspecified atom stereocenters. The number of hydrogen-bond donors (Lipinski definition) is 1. The number of fused-ring (bicyclic) bond motifs is 1. The normalized spacial score (nSPS) is 13.5. The van der Waals surface area contributed by atoms with Crippen LogP contribution in [0.1, 0.15) is 10.4 Å². The standard InChI is InChI=1S/C12H14N2O2S/c1-14(5-6-17-2)8-3-4-9-10(7-8)13-12(16)11(9)15/h3-4,7H,5-6H2,1-2H3,(H,13,15,16). The number of benzene rings is 1. The van der Waals surface area contributed by atoms with Crippen LogP contribution in [-0.4, -0.2) is 37.3 Å². The zero-order chi connectivity index (χ0) is 12.4. The highest BCUT2D eigenvalue weighted by Crippen LogP contribution is 2.27. The van der Waals surface area contributed by atoms with Crippen LogP contribution in [0.4, 0.5) is 11.4 Å². The molecule has 0 bridgehead atoms. The molecule has 17 heavy (non-hydrogen) atoms. The molecule has 0 radical (unpaired) electrons. The molecule has 1 N–H and O–H groups in total. The summed E-state index contributed by atoms with van der Waals surface area (Å²) in [4.78, 5) is 24.7. The average molecular weight is 250 g/mol. The summed E-state index contributed by atoms with van der Waals surface area (Å²) < 4.78 is 0. The molecule has 90 valence electrons. The van der Waals surface area contributed by atoms with E-state index in [0.29, 0.717) is 11.3 Å². The molecule has 5 heteroatoms. The molecule has 0 aromatic heterocycles. The minimum Gasteiger partial charge on any atom is -0.374 e. The quantitative estimate of drug-likeness (QED) is 0.825. The molecular weight excluding hydrogens is 236 g/mol. The van der Waals surface area contributed by atoms with Gasteiger partial charge in [-0.3, -0.25) is 9.59 Å². The highest BCUT2D eigenvalue weighted by atomic mass is 32.2. The average Bonchev–Trinajstić information content (AvgIpc) is 2.61. The first-order valence-corrected chi connectivity index (χ1v) is 6.72. The Labute approximate surface area is 104 Å². The fraction of sp³-hybridized carbons (Fsp3) is 0.333. The van der Waals surface area contributed by atoms with E-state index in [-0.39, 0.29) is 0 Å². The number of rotatable bonds is 4. The van der Waals surface area contributed by atoms with Gasteiger partial charge in [0.15, 0.2) is 0 Å². The molecule has 0 fully saturated rings. The number of hydrogen-bond acceptors (Lipinski definition) is 4. The highest BCUT2D eigenvalue weighted by Gasteiger charge is 2.27. The van der Waals surface area contributed by atoms with Crippen molar-refractivity contribution < 1.29 is 9.59 Å². The van der Waals surface area contributed by atoms with Crippen molar-refractivity contribution in [3.8, 4) is 0 Å². The van der Waals surface area contributed by atoms with E-state index in [4.69, 9.17) is 0 Å². The molecule has 1 aliphatic heterocycles. The van der Waals surface area contributed by atoms with Crippen molar-refractivity contribution >= 4 is 34.8 Å². The Morgan fingerprint density at radius 1 is 1.35 bits per heavy atom. The van der Waals surface area contributed by atoms with Gasteiger partial charge in [-0.2, -0.15) is 11.8 Å². The number of nitrogens with one attached hydrogen (secondary N) is 1. The summed E-state index contributed by atoms with van der Waals surface area (Å²) in [7, 11) is 2.00. The predicted molar refractivity (Wildman–Crippen MR) is 71.1 cm³/mol. The summed E-state index contributed by atoms with van der Waals surface area (Å²) in [6.07, 6.45) is 2.06. The maximum Gasteiger partial charge on any atom is 0.296 e. The van der Waals surface area contributed by atoms with E-state index in [2.05, 4.69) is 16.5 Å². The first kappa shape index (κ1) is 12.0. The van der Waals surface area contributed by atoms with E-state index in [0.717, 1.165) is 18.0 Å². The van der Waals surface area contributed by atoms with Crippen molar-refractivity contribution in [1.29, 1.82) is 0 Å². The third-order valence-corrected chi connectivity index (χ3v) is 3.36. The Kier molecular flexibility index (Phi) is 3.38. The van der Waals surface area contributed by atoms with Crippen LogP contribution in [0.2, 0.25) is 0 Å². The molecule has 0 saturated carbocycles. The first-order valence-electron chi connectivity index (χ1n) is 5.33. The summed E-state index contributed by atoms with van der Waals surface area (Å²) in [5, 5.41) is 2.58. The molecule has 4 nitrogen and oxygen atoms in total. The predicted octanol–water partition coefficient (Wildman–Crippen LogP) is 1.62. The Morgan fingerprint density at radius 3 is 2.82 bits per heavy atom. The lowest BCUT2D eigenvalue weighted by atomic mass is 10.1. The molecule has 1 aromatic rings. The second-order valence-corrected chi connectivity index (χ2v) is 4.91. The number of ketones is 1. The van der Waals surface area contributed by atoms with Crippen LogP contribution in [0.5, 0.6) is 0 Å². The molecule has 1 aromatic carbocycles. The summed E-state index contributed by atoms with van der Waals surface area (Å²) >= 11 is 1.79. The first-order chi connectivity index (χ1) is 8.13. The van der Waals surface area contributed by atoms with Crippen LogP contribution < -0.4 is 10.2 Å². The second kappa shape index (κ2) is 4.79. The highest BCUT2D eigenvalue weighted by molar-refractivity contribution is 7.98. The molecule has 0 aliphatic carbocycles. The lowest BCUT2D eigenvalue weighted by molar-refractivity contribution is -0.112.